The Hall–Kier alpha value is -5.20. The highest BCUT2D eigenvalue weighted by molar-refractivity contribution is 6.06. The van der Waals surface area contributed by atoms with Gasteiger partial charge >= 0.3 is 6.09 Å². The first-order chi connectivity index (χ1) is 19.6. The average molecular weight is 569 g/mol. The number of benzene rings is 2. The molecule has 2 aromatic heterocycles. The molecular formula is C28H26F2N4O7. The van der Waals surface area contributed by atoms with Gasteiger partial charge in [0.2, 0.25) is 0 Å². The van der Waals surface area contributed by atoms with Gasteiger partial charge in [0.15, 0.2) is 28.9 Å². The monoisotopic (exact) mass is 568 g/mol. The second-order valence-electron chi connectivity index (χ2n) is 8.73. The van der Waals surface area contributed by atoms with Crippen LogP contribution >= 0.6 is 0 Å². The molecule has 0 aliphatic carbocycles. The van der Waals surface area contributed by atoms with Crippen molar-refractivity contribution >= 4 is 28.6 Å². The Balaban J connectivity index is 1.57. The van der Waals surface area contributed by atoms with Crippen LogP contribution in [0.15, 0.2) is 48.8 Å². The molecule has 0 radical (unpaired) electrons. The van der Waals surface area contributed by atoms with E-state index in [4.69, 9.17) is 24.1 Å². The number of hydrogen-bond donors (Lipinski definition) is 2. The SMILES string of the molecule is COc1cc2c(Oc3c(F)cc(NC(=O)c4cnc(C)cc4OC)cc3F)ccnc2cc1OCCN(C)C(=O)O. The van der Waals surface area contributed by atoms with Crippen molar-refractivity contribution in [1.29, 1.82) is 0 Å². The van der Waals surface area contributed by atoms with E-state index in [-0.39, 0.29) is 41.7 Å². The van der Waals surface area contributed by atoms with Crippen molar-refractivity contribution in [3.05, 3.63) is 71.7 Å². The highest BCUT2D eigenvalue weighted by atomic mass is 19.1. The second kappa shape index (κ2) is 12.3. The lowest BCUT2D eigenvalue weighted by molar-refractivity contribution is 0.102. The van der Waals surface area contributed by atoms with Gasteiger partial charge in [0, 0.05) is 60.5 Å². The number of likely N-dealkylation sites (N-methyl/N-ethyl adjacent to an activating group) is 1. The zero-order chi connectivity index (χ0) is 29.7. The van der Waals surface area contributed by atoms with Crippen LogP contribution in [-0.4, -0.2) is 66.4 Å². The summed E-state index contributed by atoms with van der Waals surface area (Å²) in [5, 5.41) is 11.8. The Morgan fingerprint density at radius 2 is 1.68 bits per heavy atom. The second-order valence-corrected chi connectivity index (χ2v) is 8.73. The van der Waals surface area contributed by atoms with Gasteiger partial charge in [0.1, 0.15) is 18.1 Å². The highest BCUT2D eigenvalue weighted by Crippen LogP contribution is 2.38. The number of hydrogen-bond acceptors (Lipinski definition) is 8. The predicted octanol–water partition coefficient (Wildman–Crippen LogP) is 5.27. The number of methoxy groups -OCH3 is 2. The van der Waals surface area contributed by atoms with Gasteiger partial charge in [-0.3, -0.25) is 14.8 Å². The highest BCUT2D eigenvalue weighted by Gasteiger charge is 2.20. The van der Waals surface area contributed by atoms with Gasteiger partial charge in [-0.1, -0.05) is 0 Å². The maximum atomic E-state index is 15.1. The normalized spacial score (nSPS) is 10.7. The Labute approximate surface area is 233 Å². The number of pyridine rings is 2. The number of carbonyl (C=O) groups is 2. The number of carboxylic acid groups (broad SMARTS) is 1. The number of nitrogens with zero attached hydrogens (tertiary/aromatic N) is 3. The van der Waals surface area contributed by atoms with Crippen LogP contribution in [-0.2, 0) is 0 Å². The molecule has 13 heteroatoms. The van der Waals surface area contributed by atoms with Crippen LogP contribution in [0.4, 0.5) is 19.3 Å². The smallest absolute Gasteiger partial charge is 0.407 e. The zero-order valence-electron chi connectivity index (χ0n) is 22.5. The molecule has 4 aromatic rings. The van der Waals surface area contributed by atoms with Crippen LogP contribution in [0.5, 0.6) is 28.7 Å². The summed E-state index contributed by atoms with van der Waals surface area (Å²) in [5.74, 6) is -2.58. The molecule has 0 bridgehead atoms. The third-order valence-electron chi connectivity index (χ3n) is 5.93. The molecule has 4 rings (SSSR count). The standard InChI is InChI=1S/C28H26F2N4O7/c1-15-9-23(38-3)18(14-32-15)27(35)33-16-10-19(29)26(20(30)11-16)41-22-5-6-31-21-13-25(24(39-4)12-17(21)22)40-8-7-34(2)28(36)37/h5-6,9-14H,7-8H2,1-4H3,(H,33,35)(H,36,37). The van der Waals surface area contributed by atoms with Crippen LogP contribution in [0.25, 0.3) is 10.9 Å². The number of ether oxygens (including phenoxy) is 4. The lowest BCUT2D eigenvalue weighted by atomic mass is 10.1. The van der Waals surface area contributed by atoms with E-state index in [1.54, 1.807) is 19.1 Å². The largest absolute Gasteiger partial charge is 0.496 e. The Bertz CT molecular complexity index is 1590. The van der Waals surface area contributed by atoms with Crippen molar-refractivity contribution in [3.8, 4) is 28.7 Å². The van der Waals surface area contributed by atoms with Crippen molar-refractivity contribution in [2.75, 3.05) is 39.7 Å². The molecule has 2 N–H and O–H groups in total. The van der Waals surface area contributed by atoms with Crippen molar-refractivity contribution in [2.45, 2.75) is 6.92 Å². The summed E-state index contributed by atoms with van der Waals surface area (Å²) < 4.78 is 52.0. The molecule has 0 unspecified atom stereocenters. The van der Waals surface area contributed by atoms with E-state index in [1.807, 2.05) is 0 Å². The summed E-state index contributed by atoms with van der Waals surface area (Å²) in [4.78, 5) is 33.1. The van der Waals surface area contributed by atoms with Gasteiger partial charge in [-0.15, -0.1) is 0 Å². The summed E-state index contributed by atoms with van der Waals surface area (Å²) in [6.07, 6.45) is 1.60. The molecule has 0 aliphatic rings. The average Bonchev–Trinajstić information content (AvgIpc) is 2.94. The van der Waals surface area contributed by atoms with Crippen LogP contribution in [0.2, 0.25) is 0 Å². The van der Waals surface area contributed by atoms with E-state index < -0.39 is 29.4 Å². The van der Waals surface area contributed by atoms with Gasteiger partial charge in [0.25, 0.3) is 5.91 Å². The first-order valence-electron chi connectivity index (χ1n) is 12.1. The minimum Gasteiger partial charge on any atom is -0.496 e. The van der Waals surface area contributed by atoms with E-state index >= 15 is 8.78 Å². The molecular weight excluding hydrogens is 542 g/mol. The summed E-state index contributed by atoms with van der Waals surface area (Å²) >= 11 is 0. The molecule has 0 aliphatic heterocycles. The maximum Gasteiger partial charge on any atom is 0.407 e. The van der Waals surface area contributed by atoms with E-state index in [0.29, 0.717) is 22.3 Å². The molecule has 2 heterocycles. The number of rotatable bonds is 10. The molecule has 214 valence electrons. The number of aryl methyl sites for hydroxylation is 1. The molecule has 41 heavy (non-hydrogen) atoms. The van der Waals surface area contributed by atoms with E-state index in [2.05, 4.69) is 15.3 Å². The van der Waals surface area contributed by atoms with Crippen LogP contribution < -0.4 is 24.3 Å². The summed E-state index contributed by atoms with van der Waals surface area (Å²) in [6.45, 7) is 1.89. The van der Waals surface area contributed by atoms with Crippen LogP contribution in [0, 0.1) is 18.6 Å². The number of halogens is 2. The molecule has 11 nitrogen and oxygen atoms in total. The fourth-order valence-electron chi connectivity index (χ4n) is 3.79. The van der Waals surface area contributed by atoms with E-state index in [1.165, 1.54) is 45.8 Å². The zero-order valence-corrected chi connectivity index (χ0v) is 22.5. The maximum absolute atomic E-state index is 15.1. The Kier molecular flexibility index (Phi) is 8.66. The van der Waals surface area contributed by atoms with Crippen molar-refractivity contribution in [1.82, 2.24) is 14.9 Å². The molecule has 0 saturated heterocycles. The molecule has 0 saturated carbocycles. The topological polar surface area (TPSA) is 132 Å². The predicted molar refractivity (Wildman–Crippen MR) is 144 cm³/mol. The number of amides is 2. The molecule has 0 fully saturated rings. The first-order valence-corrected chi connectivity index (χ1v) is 12.1. The molecule has 2 amide bonds. The van der Waals surface area contributed by atoms with Crippen LogP contribution in [0.3, 0.4) is 0 Å². The van der Waals surface area contributed by atoms with Crippen molar-refractivity contribution < 1.29 is 42.4 Å². The third kappa shape index (κ3) is 6.52. The minimum absolute atomic E-state index is 0.0490. The number of aromatic nitrogens is 2. The van der Waals surface area contributed by atoms with Crippen molar-refractivity contribution in [3.63, 3.8) is 0 Å². The number of carbonyl (C=O) groups excluding carboxylic acids is 1. The first kappa shape index (κ1) is 28.8. The van der Waals surface area contributed by atoms with Gasteiger partial charge in [-0.05, 0) is 19.1 Å². The Morgan fingerprint density at radius 3 is 2.34 bits per heavy atom. The van der Waals surface area contributed by atoms with E-state index in [9.17, 15) is 9.59 Å². The fraction of sp³-hybridized carbons (Fsp3) is 0.214. The molecule has 0 spiro atoms. The summed E-state index contributed by atoms with van der Waals surface area (Å²) in [6, 6.07) is 7.91. The van der Waals surface area contributed by atoms with Gasteiger partial charge in [-0.2, -0.15) is 0 Å². The Morgan fingerprint density at radius 1 is 0.976 bits per heavy atom. The van der Waals surface area contributed by atoms with Gasteiger partial charge in [-0.25, -0.2) is 13.6 Å². The van der Waals surface area contributed by atoms with Crippen molar-refractivity contribution in [2.24, 2.45) is 0 Å². The molecule has 0 atom stereocenters. The van der Waals surface area contributed by atoms with E-state index in [0.717, 1.165) is 17.0 Å². The minimum atomic E-state index is -1.10. The van der Waals surface area contributed by atoms with Gasteiger partial charge in [0.05, 0.1) is 31.8 Å². The quantitative estimate of drug-likeness (QED) is 0.263. The van der Waals surface area contributed by atoms with Crippen LogP contribution in [0.1, 0.15) is 16.1 Å². The lowest BCUT2D eigenvalue weighted by Crippen LogP contribution is -2.29. The summed E-state index contributed by atoms with van der Waals surface area (Å²) in [5.41, 5.74) is 0.950. The molecule has 2 aromatic carbocycles. The fourth-order valence-corrected chi connectivity index (χ4v) is 3.79. The van der Waals surface area contributed by atoms with Gasteiger partial charge < -0.3 is 34.3 Å². The third-order valence-corrected chi connectivity index (χ3v) is 5.93. The number of nitrogens with one attached hydrogen (secondary N) is 1. The number of fused-ring (bicyclic) bond motifs is 1. The number of anilines is 1. The lowest BCUT2D eigenvalue weighted by Gasteiger charge is -2.16. The summed E-state index contributed by atoms with van der Waals surface area (Å²) in [7, 11) is 4.21.